The molecule has 3 nitrogen and oxygen atoms in total. The van der Waals surface area contributed by atoms with Crippen LogP contribution in [-0.2, 0) is 6.54 Å². The van der Waals surface area contributed by atoms with Gasteiger partial charge < -0.3 is 10.1 Å². The molecule has 0 fully saturated rings. The molecule has 0 aliphatic heterocycles. The van der Waals surface area contributed by atoms with Crippen molar-refractivity contribution in [3.63, 3.8) is 0 Å². The molecule has 0 amide bonds. The predicted octanol–water partition coefficient (Wildman–Crippen LogP) is 2.53. The Morgan fingerprint density at radius 3 is 2.84 bits per heavy atom. The largest absolute Gasteiger partial charge is 0.489 e. The van der Waals surface area contributed by atoms with Gasteiger partial charge in [0, 0.05) is 31.5 Å². The Labute approximate surface area is 110 Å². The number of benzene rings is 1. The normalized spacial score (nSPS) is 10.4. The Hall–Kier alpha value is -2.01. The molecule has 1 aromatic heterocycles. The molecule has 0 bridgehead atoms. The van der Waals surface area contributed by atoms with Crippen molar-refractivity contribution in [3.05, 3.63) is 59.9 Å². The number of halogens is 2. The van der Waals surface area contributed by atoms with Crippen molar-refractivity contribution < 1.29 is 13.5 Å². The molecule has 0 saturated carbocycles. The van der Waals surface area contributed by atoms with Gasteiger partial charge in [-0.1, -0.05) is 6.07 Å². The molecule has 5 heteroatoms. The van der Waals surface area contributed by atoms with E-state index in [-0.39, 0.29) is 5.75 Å². The van der Waals surface area contributed by atoms with Gasteiger partial charge in [0.25, 0.3) is 0 Å². The second kappa shape index (κ2) is 6.80. The number of rotatable bonds is 6. The Kier molecular flexibility index (Phi) is 4.80. The number of ether oxygens (including phenoxy) is 1. The van der Waals surface area contributed by atoms with Crippen molar-refractivity contribution in [2.75, 3.05) is 13.2 Å². The molecule has 100 valence electrons. The summed E-state index contributed by atoms with van der Waals surface area (Å²) >= 11 is 0. The lowest BCUT2D eigenvalue weighted by molar-refractivity contribution is 0.297. The lowest BCUT2D eigenvalue weighted by atomic mass is 10.3. The Morgan fingerprint density at radius 1 is 1.21 bits per heavy atom. The fourth-order valence-corrected chi connectivity index (χ4v) is 1.56. The fraction of sp³-hybridized carbons (Fsp3) is 0.214. The second-order valence-electron chi connectivity index (χ2n) is 3.96. The maximum absolute atomic E-state index is 13.2. The van der Waals surface area contributed by atoms with Crippen LogP contribution < -0.4 is 10.1 Å². The summed E-state index contributed by atoms with van der Waals surface area (Å²) in [5.74, 6) is -1.24. The molecule has 0 radical (unpaired) electrons. The predicted molar refractivity (Wildman–Crippen MR) is 67.8 cm³/mol. The van der Waals surface area contributed by atoms with E-state index in [2.05, 4.69) is 10.3 Å². The van der Waals surface area contributed by atoms with E-state index in [4.69, 9.17) is 4.74 Å². The standard InChI is InChI=1S/C14H14F2N2O/c15-12-3-4-14(13(16)8-12)19-7-6-18-10-11-2-1-5-17-9-11/h1-5,8-9,18H,6-7,10H2. The average Bonchev–Trinajstić information content (AvgIpc) is 2.42. The van der Waals surface area contributed by atoms with E-state index in [0.29, 0.717) is 19.7 Å². The minimum absolute atomic E-state index is 0.0598. The first-order chi connectivity index (χ1) is 9.25. The van der Waals surface area contributed by atoms with Crippen molar-refractivity contribution in [3.8, 4) is 5.75 Å². The molecule has 1 aromatic carbocycles. The van der Waals surface area contributed by atoms with Crippen LogP contribution in [0.3, 0.4) is 0 Å². The zero-order chi connectivity index (χ0) is 13.5. The minimum atomic E-state index is -0.688. The second-order valence-corrected chi connectivity index (χ2v) is 3.96. The third kappa shape index (κ3) is 4.30. The highest BCUT2D eigenvalue weighted by molar-refractivity contribution is 5.24. The SMILES string of the molecule is Fc1ccc(OCCNCc2cccnc2)c(F)c1. The fourth-order valence-electron chi connectivity index (χ4n) is 1.56. The van der Waals surface area contributed by atoms with Crippen LogP contribution >= 0.6 is 0 Å². The van der Waals surface area contributed by atoms with E-state index in [1.807, 2.05) is 12.1 Å². The highest BCUT2D eigenvalue weighted by Crippen LogP contribution is 2.17. The van der Waals surface area contributed by atoms with Gasteiger partial charge >= 0.3 is 0 Å². The monoisotopic (exact) mass is 264 g/mol. The summed E-state index contributed by atoms with van der Waals surface area (Å²) in [5.41, 5.74) is 1.07. The van der Waals surface area contributed by atoms with Crippen molar-refractivity contribution in [2.45, 2.75) is 6.54 Å². The van der Waals surface area contributed by atoms with E-state index in [1.165, 1.54) is 12.1 Å². The molecule has 0 aliphatic carbocycles. The zero-order valence-electron chi connectivity index (χ0n) is 10.3. The van der Waals surface area contributed by atoms with Crippen LogP contribution in [0.4, 0.5) is 8.78 Å². The van der Waals surface area contributed by atoms with Crippen LogP contribution in [0.15, 0.2) is 42.7 Å². The van der Waals surface area contributed by atoms with Crippen molar-refractivity contribution in [2.24, 2.45) is 0 Å². The van der Waals surface area contributed by atoms with Gasteiger partial charge in [0.15, 0.2) is 11.6 Å². The van der Waals surface area contributed by atoms with Crippen LogP contribution in [-0.4, -0.2) is 18.1 Å². The van der Waals surface area contributed by atoms with Crippen molar-refractivity contribution in [1.29, 1.82) is 0 Å². The third-order valence-corrected chi connectivity index (χ3v) is 2.48. The van der Waals surface area contributed by atoms with Crippen LogP contribution in [0.1, 0.15) is 5.56 Å². The number of nitrogens with zero attached hydrogens (tertiary/aromatic N) is 1. The Balaban J connectivity index is 1.69. The summed E-state index contributed by atoms with van der Waals surface area (Å²) < 4.78 is 31.1. The van der Waals surface area contributed by atoms with Gasteiger partial charge in [0.1, 0.15) is 12.4 Å². The zero-order valence-corrected chi connectivity index (χ0v) is 10.3. The number of pyridine rings is 1. The quantitative estimate of drug-likeness (QED) is 0.814. The molecule has 1 N–H and O–H groups in total. The molecular formula is C14H14F2N2O. The molecule has 0 unspecified atom stereocenters. The molecule has 2 rings (SSSR count). The molecule has 2 aromatic rings. The van der Waals surface area contributed by atoms with Gasteiger partial charge in [-0.2, -0.15) is 0 Å². The number of aromatic nitrogens is 1. The van der Waals surface area contributed by atoms with E-state index >= 15 is 0 Å². The number of nitrogens with one attached hydrogen (secondary N) is 1. The van der Waals surface area contributed by atoms with Gasteiger partial charge in [-0.25, -0.2) is 8.78 Å². The lowest BCUT2D eigenvalue weighted by Crippen LogP contribution is -2.20. The Morgan fingerprint density at radius 2 is 2.11 bits per heavy atom. The van der Waals surface area contributed by atoms with E-state index in [1.54, 1.807) is 12.4 Å². The van der Waals surface area contributed by atoms with Gasteiger partial charge in [-0.05, 0) is 23.8 Å². The van der Waals surface area contributed by atoms with Crippen molar-refractivity contribution in [1.82, 2.24) is 10.3 Å². The highest BCUT2D eigenvalue weighted by atomic mass is 19.1. The minimum Gasteiger partial charge on any atom is -0.489 e. The lowest BCUT2D eigenvalue weighted by Gasteiger charge is -2.08. The van der Waals surface area contributed by atoms with E-state index < -0.39 is 11.6 Å². The molecular weight excluding hydrogens is 250 g/mol. The first-order valence-corrected chi connectivity index (χ1v) is 5.93. The molecule has 0 aliphatic rings. The summed E-state index contributed by atoms with van der Waals surface area (Å²) in [6.45, 7) is 1.54. The summed E-state index contributed by atoms with van der Waals surface area (Å²) in [6.07, 6.45) is 3.48. The molecule has 0 atom stereocenters. The highest BCUT2D eigenvalue weighted by Gasteiger charge is 2.04. The number of hydrogen-bond donors (Lipinski definition) is 1. The molecule has 1 heterocycles. The van der Waals surface area contributed by atoms with Crippen LogP contribution in [0.25, 0.3) is 0 Å². The smallest absolute Gasteiger partial charge is 0.167 e. The maximum atomic E-state index is 13.2. The first kappa shape index (κ1) is 13.4. The first-order valence-electron chi connectivity index (χ1n) is 5.93. The maximum Gasteiger partial charge on any atom is 0.167 e. The topological polar surface area (TPSA) is 34.1 Å². The molecule has 0 spiro atoms. The summed E-state index contributed by atoms with van der Waals surface area (Å²) in [4.78, 5) is 3.99. The van der Waals surface area contributed by atoms with Gasteiger partial charge in [0.2, 0.25) is 0 Å². The summed E-state index contributed by atoms with van der Waals surface area (Å²) in [6, 6.07) is 7.08. The van der Waals surface area contributed by atoms with Crippen LogP contribution in [0, 0.1) is 11.6 Å². The van der Waals surface area contributed by atoms with Crippen molar-refractivity contribution >= 4 is 0 Å². The van der Waals surface area contributed by atoms with Gasteiger partial charge in [-0.3, -0.25) is 4.98 Å². The van der Waals surface area contributed by atoms with E-state index in [0.717, 1.165) is 11.6 Å². The van der Waals surface area contributed by atoms with E-state index in [9.17, 15) is 8.78 Å². The van der Waals surface area contributed by atoms with Crippen LogP contribution in [0.5, 0.6) is 5.75 Å². The van der Waals surface area contributed by atoms with Crippen LogP contribution in [0.2, 0.25) is 0 Å². The van der Waals surface area contributed by atoms with Gasteiger partial charge in [-0.15, -0.1) is 0 Å². The number of hydrogen-bond acceptors (Lipinski definition) is 3. The average molecular weight is 264 g/mol. The molecule has 0 saturated heterocycles. The summed E-state index contributed by atoms with van der Waals surface area (Å²) in [7, 11) is 0. The summed E-state index contributed by atoms with van der Waals surface area (Å²) in [5, 5.41) is 3.14. The third-order valence-electron chi connectivity index (χ3n) is 2.48. The Bertz CT molecular complexity index is 520. The van der Waals surface area contributed by atoms with Gasteiger partial charge in [0.05, 0.1) is 0 Å². The molecule has 19 heavy (non-hydrogen) atoms.